The van der Waals surface area contributed by atoms with Gasteiger partial charge in [0.2, 0.25) is 5.91 Å². The maximum atomic E-state index is 13.3. The molecule has 0 aromatic heterocycles. The van der Waals surface area contributed by atoms with E-state index in [0.717, 1.165) is 10.6 Å². The highest BCUT2D eigenvalue weighted by Crippen LogP contribution is 2.33. The van der Waals surface area contributed by atoms with Gasteiger partial charge >= 0.3 is 6.18 Å². The lowest BCUT2D eigenvalue weighted by molar-refractivity contribution is -0.190. The molecule has 1 heterocycles. The van der Waals surface area contributed by atoms with Crippen LogP contribution in [0.2, 0.25) is 5.02 Å². The van der Waals surface area contributed by atoms with Gasteiger partial charge in [0.1, 0.15) is 6.04 Å². The van der Waals surface area contributed by atoms with E-state index in [2.05, 4.69) is 5.43 Å². The number of nitrogens with zero attached hydrogens (tertiary/aromatic N) is 1. The number of unbranched alkanes of at least 4 members (excludes halogenated alkanes) is 1. The molecule has 0 bridgehead atoms. The van der Waals surface area contributed by atoms with Crippen LogP contribution < -0.4 is 5.43 Å². The van der Waals surface area contributed by atoms with Crippen molar-refractivity contribution in [1.29, 1.82) is 0 Å². The van der Waals surface area contributed by atoms with Crippen LogP contribution in [-0.4, -0.2) is 29.7 Å². The van der Waals surface area contributed by atoms with Crippen molar-refractivity contribution in [3.05, 3.63) is 34.9 Å². The van der Waals surface area contributed by atoms with Crippen LogP contribution >= 0.6 is 11.6 Å². The van der Waals surface area contributed by atoms with Crippen molar-refractivity contribution in [2.24, 2.45) is 5.41 Å². The van der Waals surface area contributed by atoms with Crippen LogP contribution in [0.1, 0.15) is 38.7 Å². The van der Waals surface area contributed by atoms with Gasteiger partial charge in [-0.25, -0.2) is 5.01 Å². The zero-order chi connectivity index (χ0) is 18.0. The fourth-order valence-corrected chi connectivity index (χ4v) is 3.08. The minimum absolute atomic E-state index is 0.0412. The summed E-state index contributed by atoms with van der Waals surface area (Å²) >= 11 is 5.90. The molecule has 1 fully saturated rings. The Bertz CT molecular complexity index is 589. The Balaban J connectivity index is 1.90. The number of benzene rings is 1. The second-order valence-electron chi connectivity index (χ2n) is 6.89. The SMILES string of the molecule is CC1(C)CN([C@@H](CCCCc2cccc(Cl)c2)C(F)(F)F)NC1=O. The second-order valence-corrected chi connectivity index (χ2v) is 7.32. The monoisotopic (exact) mass is 362 g/mol. The van der Waals surface area contributed by atoms with Gasteiger partial charge in [-0.05, 0) is 50.8 Å². The van der Waals surface area contributed by atoms with Crippen molar-refractivity contribution in [3.8, 4) is 0 Å². The van der Waals surface area contributed by atoms with Crippen molar-refractivity contribution >= 4 is 17.5 Å². The summed E-state index contributed by atoms with van der Waals surface area (Å²) in [5, 5.41) is 1.67. The summed E-state index contributed by atoms with van der Waals surface area (Å²) in [4.78, 5) is 11.8. The summed E-state index contributed by atoms with van der Waals surface area (Å²) in [5.74, 6) is -0.365. The zero-order valence-electron chi connectivity index (χ0n) is 13.8. The van der Waals surface area contributed by atoms with E-state index in [0.29, 0.717) is 24.3 Å². The van der Waals surface area contributed by atoms with Gasteiger partial charge in [0.25, 0.3) is 0 Å². The van der Waals surface area contributed by atoms with E-state index in [1.807, 2.05) is 18.2 Å². The van der Waals surface area contributed by atoms with Crippen LogP contribution in [0.25, 0.3) is 0 Å². The van der Waals surface area contributed by atoms with E-state index in [1.54, 1.807) is 19.9 Å². The number of rotatable bonds is 6. The van der Waals surface area contributed by atoms with Gasteiger partial charge in [-0.15, -0.1) is 0 Å². The normalized spacial score (nSPS) is 19.3. The molecule has 1 atom stereocenters. The Labute approximate surface area is 145 Å². The third-order valence-electron chi connectivity index (χ3n) is 4.26. The van der Waals surface area contributed by atoms with Gasteiger partial charge in [-0.3, -0.25) is 10.2 Å². The number of hydrazine groups is 1. The Hall–Kier alpha value is -1.27. The maximum absolute atomic E-state index is 13.3. The van der Waals surface area contributed by atoms with Gasteiger partial charge < -0.3 is 0 Å². The predicted molar refractivity (Wildman–Crippen MR) is 87.5 cm³/mol. The van der Waals surface area contributed by atoms with E-state index >= 15 is 0 Å². The predicted octanol–water partition coefficient (Wildman–Crippen LogP) is 4.36. The maximum Gasteiger partial charge on any atom is 0.405 e. The molecule has 7 heteroatoms. The van der Waals surface area contributed by atoms with Crippen LogP contribution in [0.15, 0.2) is 24.3 Å². The molecule has 1 aromatic rings. The van der Waals surface area contributed by atoms with Crippen LogP contribution in [0.5, 0.6) is 0 Å². The first-order valence-electron chi connectivity index (χ1n) is 7.98. The molecule has 3 nitrogen and oxygen atoms in total. The molecule has 1 saturated heterocycles. The minimum Gasteiger partial charge on any atom is -0.288 e. The molecular weight excluding hydrogens is 341 g/mol. The number of aryl methyl sites for hydroxylation is 1. The molecule has 0 aliphatic carbocycles. The molecule has 0 unspecified atom stereocenters. The number of alkyl halides is 3. The molecule has 0 radical (unpaired) electrons. The Morgan fingerprint density at radius 1 is 1.33 bits per heavy atom. The summed E-state index contributed by atoms with van der Waals surface area (Å²) in [5.41, 5.74) is 2.59. The number of halogens is 4. The van der Waals surface area contributed by atoms with Crippen LogP contribution in [0.3, 0.4) is 0 Å². The largest absolute Gasteiger partial charge is 0.405 e. The number of hydrogen-bond donors (Lipinski definition) is 1. The smallest absolute Gasteiger partial charge is 0.288 e. The van der Waals surface area contributed by atoms with E-state index < -0.39 is 17.6 Å². The summed E-state index contributed by atoms with van der Waals surface area (Å²) < 4.78 is 40.0. The number of hydrogen-bond acceptors (Lipinski definition) is 2. The highest BCUT2D eigenvalue weighted by atomic mass is 35.5. The fraction of sp³-hybridized carbons (Fsp3) is 0.588. The molecule has 0 saturated carbocycles. The standard InChI is InChI=1S/C17H22ClF3N2O/c1-16(2)11-23(22-15(16)24)14(17(19,20)21)9-4-3-6-12-7-5-8-13(18)10-12/h5,7-8,10,14H,3-4,6,9,11H2,1-2H3,(H,22,24)/t14-/m0/s1. The van der Waals surface area contributed by atoms with E-state index in [4.69, 9.17) is 11.6 Å². The lowest BCUT2D eigenvalue weighted by Gasteiger charge is -2.29. The number of amides is 1. The Kier molecular flexibility index (Phi) is 5.81. The summed E-state index contributed by atoms with van der Waals surface area (Å²) in [6, 6.07) is 5.69. The molecule has 24 heavy (non-hydrogen) atoms. The minimum atomic E-state index is -4.37. The molecule has 1 aliphatic rings. The first-order valence-corrected chi connectivity index (χ1v) is 8.36. The van der Waals surface area contributed by atoms with Crippen molar-refractivity contribution in [3.63, 3.8) is 0 Å². The fourth-order valence-electron chi connectivity index (χ4n) is 2.86. The average molecular weight is 363 g/mol. The van der Waals surface area contributed by atoms with Crippen molar-refractivity contribution in [2.45, 2.75) is 51.7 Å². The lowest BCUT2D eigenvalue weighted by Crippen LogP contribution is -2.49. The van der Waals surface area contributed by atoms with Gasteiger partial charge in [0.05, 0.1) is 5.41 Å². The molecule has 1 aromatic carbocycles. The summed E-state index contributed by atoms with van der Waals surface area (Å²) in [6.07, 6.45) is -2.67. The van der Waals surface area contributed by atoms with E-state index in [1.165, 1.54) is 0 Å². The first-order chi connectivity index (χ1) is 11.1. The number of carbonyl (C=O) groups excluding carboxylic acids is 1. The molecular formula is C17H22ClF3N2O. The van der Waals surface area contributed by atoms with Crippen LogP contribution in [-0.2, 0) is 11.2 Å². The van der Waals surface area contributed by atoms with Crippen molar-refractivity contribution in [2.75, 3.05) is 6.54 Å². The number of carbonyl (C=O) groups is 1. The molecule has 1 N–H and O–H groups in total. The summed E-state index contributed by atoms with van der Waals surface area (Å²) in [7, 11) is 0. The highest BCUT2D eigenvalue weighted by Gasteiger charge is 2.49. The molecule has 1 amide bonds. The third-order valence-corrected chi connectivity index (χ3v) is 4.50. The van der Waals surface area contributed by atoms with Gasteiger partial charge in [-0.2, -0.15) is 13.2 Å². The molecule has 2 rings (SSSR count). The second kappa shape index (κ2) is 7.31. The quantitative estimate of drug-likeness (QED) is 0.763. The van der Waals surface area contributed by atoms with Crippen LogP contribution in [0.4, 0.5) is 13.2 Å². The van der Waals surface area contributed by atoms with Gasteiger partial charge in [-0.1, -0.05) is 30.2 Å². The molecule has 1 aliphatic heterocycles. The average Bonchev–Trinajstić information content (AvgIpc) is 2.70. The Morgan fingerprint density at radius 2 is 2.04 bits per heavy atom. The molecule has 0 spiro atoms. The highest BCUT2D eigenvalue weighted by molar-refractivity contribution is 6.30. The number of nitrogens with one attached hydrogen (secondary N) is 1. The van der Waals surface area contributed by atoms with Crippen molar-refractivity contribution in [1.82, 2.24) is 10.4 Å². The topological polar surface area (TPSA) is 32.3 Å². The Morgan fingerprint density at radius 3 is 2.58 bits per heavy atom. The molecule has 134 valence electrons. The first kappa shape index (κ1) is 19.1. The van der Waals surface area contributed by atoms with E-state index in [-0.39, 0.29) is 18.9 Å². The lowest BCUT2D eigenvalue weighted by atomic mass is 9.94. The van der Waals surface area contributed by atoms with Gasteiger partial charge in [0, 0.05) is 11.6 Å². The van der Waals surface area contributed by atoms with Crippen molar-refractivity contribution < 1.29 is 18.0 Å². The van der Waals surface area contributed by atoms with E-state index in [9.17, 15) is 18.0 Å². The van der Waals surface area contributed by atoms with Crippen LogP contribution in [0, 0.1) is 5.41 Å². The third kappa shape index (κ3) is 4.86. The zero-order valence-corrected chi connectivity index (χ0v) is 14.5. The summed E-state index contributed by atoms with van der Waals surface area (Å²) in [6.45, 7) is 3.36. The van der Waals surface area contributed by atoms with Gasteiger partial charge in [0.15, 0.2) is 0 Å².